The molecule has 0 aliphatic carbocycles. The van der Waals surface area contributed by atoms with Crippen molar-refractivity contribution in [3.8, 4) is 0 Å². The third-order valence-electron chi connectivity index (χ3n) is 1.73. The fourth-order valence-corrected chi connectivity index (χ4v) is 2.24. The minimum absolute atomic E-state index is 0.216. The number of oxime groups is 1. The van der Waals surface area contributed by atoms with Crippen molar-refractivity contribution in [2.24, 2.45) is 5.16 Å². The number of hydrogen-bond acceptors (Lipinski definition) is 8. The number of aromatic nitrogens is 1. The summed E-state index contributed by atoms with van der Waals surface area (Å²) in [5, 5.41) is 13.5. The maximum Gasteiger partial charge on any atom is 0.363 e. The highest BCUT2D eigenvalue weighted by Gasteiger charge is 2.21. The molecule has 0 spiro atoms. The monoisotopic (exact) mass is 275 g/mol. The number of carbonyl (C=O) groups excluding carboxylic acids is 1. The Balaban J connectivity index is 2.72. The summed E-state index contributed by atoms with van der Waals surface area (Å²) in [7, 11) is 0. The lowest BCUT2D eigenvalue weighted by atomic mass is 10.3. The van der Waals surface area contributed by atoms with Crippen molar-refractivity contribution in [3.05, 3.63) is 11.1 Å². The topological polar surface area (TPSA) is 97.8 Å². The van der Waals surface area contributed by atoms with E-state index in [1.54, 1.807) is 6.92 Å². The molecule has 0 aliphatic rings. The number of anilines is 1. The lowest BCUT2D eigenvalue weighted by Gasteiger charge is -2.11. The van der Waals surface area contributed by atoms with E-state index in [-0.39, 0.29) is 16.8 Å². The maximum absolute atomic E-state index is 11.7. The molecule has 0 amide bonds. The van der Waals surface area contributed by atoms with Gasteiger partial charge in [0.25, 0.3) is 0 Å². The number of nitrogens with two attached hydrogens (primary N) is 1. The summed E-state index contributed by atoms with van der Waals surface area (Å²) in [6.07, 6.45) is 0. The van der Waals surface area contributed by atoms with E-state index in [1.807, 2.05) is 6.92 Å². The van der Waals surface area contributed by atoms with Crippen LogP contribution in [0.4, 0.5) is 5.13 Å². The number of carbonyl (C=O) groups is 1. The summed E-state index contributed by atoms with van der Waals surface area (Å²) in [5.41, 5.74) is 5.11. The number of nitrogen functional groups attached to an aromatic ring is 1. The molecular weight excluding hydrogens is 262 g/mol. The van der Waals surface area contributed by atoms with Gasteiger partial charge in [-0.05, 0) is 12.7 Å². The van der Waals surface area contributed by atoms with Gasteiger partial charge in [0.1, 0.15) is 11.1 Å². The van der Waals surface area contributed by atoms with E-state index in [0.717, 1.165) is 17.1 Å². The lowest BCUT2D eigenvalue weighted by molar-refractivity contribution is -0.136. The highest BCUT2D eigenvalue weighted by Crippen LogP contribution is 2.15. The molecule has 1 unspecified atom stereocenters. The maximum atomic E-state index is 11.7. The number of esters is 1. The zero-order chi connectivity index (χ0) is 12.8. The summed E-state index contributed by atoms with van der Waals surface area (Å²) in [6, 6.07) is 0. The molecule has 1 rings (SSSR count). The molecule has 0 saturated carbocycles. The molecule has 0 bridgehead atoms. The Morgan fingerprint density at radius 2 is 2.53 bits per heavy atom. The van der Waals surface area contributed by atoms with Gasteiger partial charge in [-0.3, -0.25) is 0 Å². The summed E-state index contributed by atoms with van der Waals surface area (Å²) in [5.74, 6) is 0.107. The van der Waals surface area contributed by atoms with Crippen LogP contribution in [-0.4, -0.2) is 33.1 Å². The Morgan fingerprint density at radius 1 is 1.82 bits per heavy atom. The second-order valence-corrected chi connectivity index (χ2v) is 5.41. The Kier molecular flexibility index (Phi) is 5.23. The van der Waals surface area contributed by atoms with Crippen molar-refractivity contribution in [3.63, 3.8) is 0 Å². The summed E-state index contributed by atoms with van der Waals surface area (Å²) in [6.45, 7) is 3.70. The number of nitrogens with zero attached hydrogens (tertiary/aromatic N) is 2. The average Bonchev–Trinajstić information content (AvgIpc) is 2.66. The van der Waals surface area contributed by atoms with Crippen molar-refractivity contribution in [1.82, 2.24) is 4.98 Å². The first-order chi connectivity index (χ1) is 8.08. The van der Waals surface area contributed by atoms with Crippen LogP contribution in [-0.2, 0) is 9.53 Å². The molecule has 0 radical (unpaired) electrons. The van der Waals surface area contributed by atoms with Gasteiger partial charge >= 0.3 is 5.97 Å². The molecule has 0 aromatic carbocycles. The van der Waals surface area contributed by atoms with E-state index in [2.05, 4.69) is 10.1 Å². The van der Waals surface area contributed by atoms with E-state index in [0.29, 0.717) is 5.13 Å². The van der Waals surface area contributed by atoms with Gasteiger partial charge in [-0.2, -0.15) is 0 Å². The van der Waals surface area contributed by atoms with Crippen molar-refractivity contribution in [2.75, 3.05) is 11.5 Å². The fraction of sp³-hybridized carbons (Fsp3) is 0.444. The minimum Gasteiger partial charge on any atom is -0.447 e. The Labute approximate surface area is 107 Å². The van der Waals surface area contributed by atoms with Crippen molar-refractivity contribution < 1.29 is 14.7 Å². The molecule has 1 heterocycles. The first-order valence-corrected chi connectivity index (χ1v) is 6.77. The lowest BCUT2D eigenvalue weighted by Crippen LogP contribution is -2.22. The largest absolute Gasteiger partial charge is 0.447 e. The minimum atomic E-state index is -0.716. The second-order valence-electron chi connectivity index (χ2n) is 2.95. The van der Waals surface area contributed by atoms with E-state index in [1.165, 1.54) is 17.1 Å². The molecule has 17 heavy (non-hydrogen) atoms. The molecule has 1 aromatic heterocycles. The van der Waals surface area contributed by atoms with E-state index in [4.69, 9.17) is 15.7 Å². The highest BCUT2D eigenvalue weighted by atomic mass is 32.2. The molecule has 0 saturated heterocycles. The van der Waals surface area contributed by atoms with Gasteiger partial charge in [-0.1, -0.05) is 12.1 Å². The standard InChI is InChI=1S/C9H13N3O3S2/c1-3-16-5(2)15-8(13)7(12-14)6-4-17-9(10)11-6/h4-5,14H,3H2,1-2H3,(H2,10,11). The number of thiazole rings is 1. The van der Waals surface area contributed by atoms with Crippen LogP contribution >= 0.6 is 23.1 Å². The number of ether oxygens (including phenoxy) is 1. The average molecular weight is 275 g/mol. The van der Waals surface area contributed by atoms with Gasteiger partial charge in [0, 0.05) is 5.38 Å². The zero-order valence-electron chi connectivity index (χ0n) is 9.41. The summed E-state index contributed by atoms with van der Waals surface area (Å²) >= 11 is 2.62. The van der Waals surface area contributed by atoms with Crippen LogP contribution in [0.1, 0.15) is 19.5 Å². The van der Waals surface area contributed by atoms with Gasteiger partial charge in [-0.15, -0.1) is 23.1 Å². The molecule has 0 fully saturated rings. The Morgan fingerprint density at radius 3 is 3.00 bits per heavy atom. The fourth-order valence-electron chi connectivity index (χ4n) is 1.07. The summed E-state index contributed by atoms with van der Waals surface area (Å²) < 4.78 is 5.06. The molecular formula is C9H13N3O3S2. The molecule has 1 atom stereocenters. The third kappa shape index (κ3) is 3.90. The van der Waals surface area contributed by atoms with Crippen LogP contribution in [0.5, 0.6) is 0 Å². The molecule has 1 aromatic rings. The van der Waals surface area contributed by atoms with Crippen LogP contribution in [0.3, 0.4) is 0 Å². The van der Waals surface area contributed by atoms with Crippen molar-refractivity contribution in [2.45, 2.75) is 19.3 Å². The first-order valence-electron chi connectivity index (χ1n) is 4.84. The molecule has 0 aliphatic heterocycles. The van der Waals surface area contributed by atoms with Crippen LogP contribution in [0.15, 0.2) is 10.5 Å². The smallest absolute Gasteiger partial charge is 0.363 e. The van der Waals surface area contributed by atoms with E-state index in [9.17, 15) is 4.79 Å². The van der Waals surface area contributed by atoms with Crippen LogP contribution < -0.4 is 5.73 Å². The van der Waals surface area contributed by atoms with Gasteiger partial charge in [0.2, 0.25) is 5.71 Å². The van der Waals surface area contributed by atoms with Crippen molar-refractivity contribution in [1.29, 1.82) is 0 Å². The number of thioether (sulfide) groups is 1. The van der Waals surface area contributed by atoms with E-state index < -0.39 is 5.97 Å². The van der Waals surface area contributed by atoms with Gasteiger partial charge in [0.15, 0.2) is 5.13 Å². The van der Waals surface area contributed by atoms with Crippen molar-refractivity contribution >= 4 is 39.9 Å². The number of hydrogen-bond donors (Lipinski definition) is 2. The first kappa shape index (κ1) is 13.8. The predicted molar refractivity (Wildman–Crippen MR) is 68.5 cm³/mol. The predicted octanol–water partition coefficient (Wildman–Crippen LogP) is 1.55. The van der Waals surface area contributed by atoms with Gasteiger partial charge < -0.3 is 15.7 Å². The normalized spacial score (nSPS) is 13.4. The van der Waals surface area contributed by atoms with Crippen LogP contribution in [0, 0.1) is 0 Å². The van der Waals surface area contributed by atoms with E-state index >= 15 is 0 Å². The van der Waals surface area contributed by atoms with Crippen LogP contribution in [0.25, 0.3) is 0 Å². The number of rotatable bonds is 5. The quantitative estimate of drug-likeness (QED) is 0.278. The summed E-state index contributed by atoms with van der Waals surface area (Å²) in [4.78, 5) is 15.5. The second kappa shape index (κ2) is 6.45. The third-order valence-corrected chi connectivity index (χ3v) is 3.31. The highest BCUT2D eigenvalue weighted by molar-refractivity contribution is 7.99. The molecule has 6 nitrogen and oxygen atoms in total. The zero-order valence-corrected chi connectivity index (χ0v) is 11.0. The molecule has 8 heteroatoms. The van der Waals surface area contributed by atoms with Gasteiger partial charge in [0.05, 0.1) is 0 Å². The molecule has 3 N–H and O–H groups in total. The van der Waals surface area contributed by atoms with Gasteiger partial charge in [-0.25, -0.2) is 9.78 Å². The molecule has 94 valence electrons. The van der Waals surface area contributed by atoms with Crippen LogP contribution in [0.2, 0.25) is 0 Å². The Bertz CT molecular complexity index is 419. The Hall–Kier alpha value is -1.28. The SMILES string of the molecule is CCSC(C)OC(=O)C(=NO)c1csc(N)n1.